The zero-order valence-corrected chi connectivity index (χ0v) is 20.5. The third kappa shape index (κ3) is 4.98. The van der Waals surface area contributed by atoms with E-state index in [4.69, 9.17) is 9.47 Å². The molecule has 3 rings (SSSR count). The average Bonchev–Trinajstić information content (AvgIpc) is 2.73. The number of fused-ring (bicyclic) bond motifs is 1. The Bertz CT molecular complexity index is 1070. The highest BCUT2D eigenvalue weighted by molar-refractivity contribution is 5.95. The number of nitrogens with one attached hydrogen (secondary N) is 1. The molecule has 1 aliphatic rings. The van der Waals surface area contributed by atoms with Gasteiger partial charge in [0.05, 0.1) is 23.6 Å². The lowest BCUT2D eigenvalue weighted by atomic mass is 9.85. The molecule has 1 heterocycles. The predicted octanol–water partition coefficient (Wildman–Crippen LogP) is 4.87. The monoisotopic (exact) mass is 454 g/mol. The summed E-state index contributed by atoms with van der Waals surface area (Å²) in [6.07, 6.45) is 1.25. The standard InChI is InChI=1S/C26H34N2O5/c1-15-21(24(25(30)31)33-26(3,4)5)20(16(2)23(28(6)7)22(15)27-14-29)18-10-11-19-17(13-18)9-8-12-32-19/h10-11,13-14,24H,8-9,12H2,1-7H3,(H,27,29)(H,30,31). The molecule has 0 aromatic heterocycles. The second-order valence-electron chi connectivity index (χ2n) is 9.64. The molecule has 1 atom stereocenters. The molecule has 1 aliphatic heterocycles. The first-order valence-corrected chi connectivity index (χ1v) is 11.2. The lowest BCUT2D eigenvalue weighted by Gasteiger charge is -2.32. The number of hydrogen-bond acceptors (Lipinski definition) is 5. The maximum absolute atomic E-state index is 12.5. The Kier molecular flexibility index (Phi) is 7.03. The van der Waals surface area contributed by atoms with Crippen LogP contribution in [-0.4, -0.2) is 43.8 Å². The molecule has 0 bridgehead atoms. The number of carbonyl (C=O) groups excluding carboxylic acids is 1. The molecule has 178 valence electrons. The molecule has 2 aromatic rings. The van der Waals surface area contributed by atoms with Crippen molar-refractivity contribution in [2.45, 2.75) is 59.2 Å². The number of nitrogens with zero attached hydrogens (tertiary/aromatic N) is 1. The summed E-state index contributed by atoms with van der Waals surface area (Å²) < 4.78 is 11.9. The van der Waals surface area contributed by atoms with Crippen molar-refractivity contribution in [3.05, 3.63) is 40.5 Å². The van der Waals surface area contributed by atoms with E-state index >= 15 is 0 Å². The van der Waals surface area contributed by atoms with E-state index in [1.807, 2.05) is 65.7 Å². The molecule has 2 aromatic carbocycles. The van der Waals surface area contributed by atoms with Gasteiger partial charge in [-0.3, -0.25) is 4.79 Å². The normalized spacial score (nSPS) is 14.2. The zero-order valence-electron chi connectivity index (χ0n) is 20.5. The number of rotatable bonds is 7. The molecule has 0 fully saturated rings. The third-order valence-corrected chi connectivity index (χ3v) is 5.82. The second-order valence-corrected chi connectivity index (χ2v) is 9.64. The van der Waals surface area contributed by atoms with Crippen LogP contribution >= 0.6 is 0 Å². The van der Waals surface area contributed by atoms with Crippen molar-refractivity contribution in [3.8, 4) is 16.9 Å². The predicted molar refractivity (Wildman–Crippen MR) is 130 cm³/mol. The zero-order chi connectivity index (χ0) is 24.5. The summed E-state index contributed by atoms with van der Waals surface area (Å²) in [5.41, 5.74) is 5.60. The van der Waals surface area contributed by atoms with Crippen molar-refractivity contribution in [3.63, 3.8) is 0 Å². The minimum absolute atomic E-state index is 0.543. The maximum Gasteiger partial charge on any atom is 0.337 e. The van der Waals surface area contributed by atoms with Gasteiger partial charge in [-0.2, -0.15) is 0 Å². The molecule has 7 heteroatoms. The highest BCUT2D eigenvalue weighted by Gasteiger charge is 2.34. The Balaban J connectivity index is 2.41. The van der Waals surface area contributed by atoms with Crippen molar-refractivity contribution < 1.29 is 24.2 Å². The fourth-order valence-corrected chi connectivity index (χ4v) is 4.60. The van der Waals surface area contributed by atoms with Crippen LogP contribution in [0.25, 0.3) is 11.1 Å². The van der Waals surface area contributed by atoms with E-state index in [0.717, 1.165) is 46.5 Å². The van der Waals surface area contributed by atoms with Gasteiger partial charge in [0, 0.05) is 19.7 Å². The average molecular weight is 455 g/mol. The van der Waals surface area contributed by atoms with Crippen molar-refractivity contribution in [1.82, 2.24) is 0 Å². The van der Waals surface area contributed by atoms with Gasteiger partial charge < -0.3 is 24.8 Å². The van der Waals surface area contributed by atoms with Crippen LogP contribution in [0.2, 0.25) is 0 Å². The molecule has 1 unspecified atom stereocenters. The van der Waals surface area contributed by atoms with E-state index in [1.54, 1.807) is 0 Å². The molecule has 0 saturated carbocycles. The fraction of sp³-hybridized carbons (Fsp3) is 0.462. The number of hydrogen-bond donors (Lipinski definition) is 2. The molecule has 2 N–H and O–H groups in total. The van der Waals surface area contributed by atoms with Crippen LogP contribution in [-0.2, 0) is 20.7 Å². The first-order valence-electron chi connectivity index (χ1n) is 11.2. The molecule has 0 aliphatic carbocycles. The number of aryl methyl sites for hydroxylation is 1. The summed E-state index contributed by atoms with van der Waals surface area (Å²) in [5.74, 6) is -0.210. The molecule has 33 heavy (non-hydrogen) atoms. The van der Waals surface area contributed by atoms with Crippen LogP contribution in [0.3, 0.4) is 0 Å². The Hall–Kier alpha value is -3.06. The summed E-state index contributed by atoms with van der Waals surface area (Å²) in [6, 6.07) is 6.01. The number of carboxylic acids is 1. The Morgan fingerprint density at radius 3 is 2.52 bits per heavy atom. The fourth-order valence-electron chi connectivity index (χ4n) is 4.60. The van der Waals surface area contributed by atoms with E-state index in [0.29, 0.717) is 29.8 Å². The Morgan fingerprint density at radius 2 is 1.94 bits per heavy atom. The van der Waals surface area contributed by atoms with Gasteiger partial charge in [0.15, 0.2) is 6.10 Å². The van der Waals surface area contributed by atoms with E-state index in [-0.39, 0.29) is 0 Å². The van der Waals surface area contributed by atoms with E-state index in [9.17, 15) is 14.7 Å². The van der Waals surface area contributed by atoms with E-state index in [2.05, 4.69) is 11.4 Å². The maximum atomic E-state index is 12.5. The van der Waals surface area contributed by atoms with Gasteiger partial charge in [0.25, 0.3) is 0 Å². The molecular weight excluding hydrogens is 420 g/mol. The van der Waals surface area contributed by atoms with Crippen molar-refractivity contribution >= 4 is 23.8 Å². The number of benzene rings is 2. The first-order chi connectivity index (χ1) is 15.5. The van der Waals surface area contributed by atoms with E-state index in [1.165, 1.54) is 0 Å². The third-order valence-electron chi connectivity index (χ3n) is 5.82. The van der Waals surface area contributed by atoms with Crippen LogP contribution in [0.4, 0.5) is 11.4 Å². The summed E-state index contributed by atoms with van der Waals surface area (Å²) in [5, 5.41) is 13.0. The largest absolute Gasteiger partial charge is 0.493 e. The molecule has 0 saturated heterocycles. The SMILES string of the molecule is Cc1c(NC=O)c(N(C)C)c(C)c(-c2ccc3c(c2)CCCO3)c1C(OC(C)(C)C)C(=O)O. The molecule has 1 amide bonds. The lowest BCUT2D eigenvalue weighted by Crippen LogP contribution is -2.29. The van der Waals surface area contributed by atoms with Crippen LogP contribution < -0.4 is 15.0 Å². The minimum Gasteiger partial charge on any atom is -0.493 e. The number of ether oxygens (including phenoxy) is 2. The van der Waals surface area contributed by atoms with Crippen molar-refractivity contribution in [2.24, 2.45) is 0 Å². The van der Waals surface area contributed by atoms with Gasteiger partial charge in [0.1, 0.15) is 5.75 Å². The van der Waals surface area contributed by atoms with Crippen LogP contribution in [0.5, 0.6) is 5.75 Å². The molecule has 0 radical (unpaired) electrons. The first kappa shape index (κ1) is 24.6. The quantitative estimate of drug-likeness (QED) is 0.581. The van der Waals surface area contributed by atoms with Crippen LogP contribution in [0.1, 0.15) is 55.5 Å². The number of carbonyl (C=O) groups is 2. The molecule has 0 spiro atoms. The Labute approximate surface area is 195 Å². The van der Waals surface area contributed by atoms with Gasteiger partial charge >= 0.3 is 5.97 Å². The van der Waals surface area contributed by atoms with Gasteiger partial charge in [-0.25, -0.2) is 4.79 Å². The summed E-state index contributed by atoms with van der Waals surface area (Å²) in [7, 11) is 3.81. The summed E-state index contributed by atoms with van der Waals surface area (Å²) in [4.78, 5) is 25.9. The lowest BCUT2D eigenvalue weighted by molar-refractivity contribution is -0.160. The van der Waals surface area contributed by atoms with Gasteiger partial charge in [-0.05, 0) is 87.4 Å². The highest BCUT2D eigenvalue weighted by Crippen LogP contribution is 2.46. The number of anilines is 2. The minimum atomic E-state index is -1.21. The summed E-state index contributed by atoms with van der Waals surface area (Å²) >= 11 is 0. The van der Waals surface area contributed by atoms with Crippen molar-refractivity contribution in [1.29, 1.82) is 0 Å². The van der Waals surface area contributed by atoms with Gasteiger partial charge in [-0.1, -0.05) is 6.07 Å². The smallest absolute Gasteiger partial charge is 0.337 e. The van der Waals surface area contributed by atoms with Crippen LogP contribution in [0.15, 0.2) is 18.2 Å². The highest BCUT2D eigenvalue weighted by atomic mass is 16.5. The van der Waals surface area contributed by atoms with Gasteiger partial charge in [0.2, 0.25) is 6.41 Å². The molecular formula is C26H34N2O5. The topological polar surface area (TPSA) is 88.1 Å². The second kappa shape index (κ2) is 9.43. The van der Waals surface area contributed by atoms with Gasteiger partial charge in [-0.15, -0.1) is 0 Å². The Morgan fingerprint density at radius 1 is 1.24 bits per heavy atom. The van der Waals surface area contributed by atoms with Crippen molar-refractivity contribution in [2.75, 3.05) is 30.9 Å². The molecule has 7 nitrogen and oxygen atoms in total. The number of aliphatic carboxylic acids is 1. The van der Waals surface area contributed by atoms with E-state index < -0.39 is 17.7 Å². The number of carboxylic acid groups (broad SMARTS) is 1. The van der Waals surface area contributed by atoms with Crippen LogP contribution in [0, 0.1) is 13.8 Å². The summed E-state index contributed by atoms with van der Waals surface area (Å²) in [6.45, 7) is 9.99. The number of amides is 1.